The molecule has 1 aromatic rings. The molecular weight excluding hydrogens is 206 g/mol. The number of carbonyl (C=O) groups is 1. The molecular formula is C11H17N3O2. The molecule has 1 fully saturated rings. The quantitative estimate of drug-likeness (QED) is 0.568. The molecule has 0 aromatic carbocycles. The van der Waals surface area contributed by atoms with Crippen LogP contribution in [0.2, 0.25) is 0 Å². The van der Waals surface area contributed by atoms with Gasteiger partial charge in [-0.05, 0) is 19.3 Å². The number of H-pyrrole nitrogens is 1. The van der Waals surface area contributed by atoms with Crippen molar-refractivity contribution in [2.24, 2.45) is 0 Å². The van der Waals surface area contributed by atoms with Crippen LogP contribution in [-0.4, -0.2) is 29.8 Å². The summed E-state index contributed by atoms with van der Waals surface area (Å²) in [5.41, 5.74) is 1.22. The number of anilines is 1. The molecule has 1 aromatic heterocycles. The van der Waals surface area contributed by atoms with Gasteiger partial charge in [-0.1, -0.05) is 0 Å². The summed E-state index contributed by atoms with van der Waals surface area (Å²) in [4.78, 5) is 10.9. The largest absolute Gasteiger partial charge is 0.469 e. The second kappa shape index (κ2) is 5.01. The lowest BCUT2D eigenvalue weighted by Gasteiger charge is -2.01. The molecule has 88 valence electrons. The van der Waals surface area contributed by atoms with E-state index < -0.39 is 0 Å². The summed E-state index contributed by atoms with van der Waals surface area (Å²) in [5, 5.41) is 10.4. The van der Waals surface area contributed by atoms with Crippen LogP contribution >= 0.6 is 0 Å². The Balaban J connectivity index is 1.66. The fraction of sp³-hybridized carbons (Fsp3) is 0.636. The van der Waals surface area contributed by atoms with Crippen molar-refractivity contribution in [1.29, 1.82) is 0 Å². The lowest BCUT2D eigenvalue weighted by Crippen LogP contribution is -2.06. The first-order valence-electron chi connectivity index (χ1n) is 5.65. The van der Waals surface area contributed by atoms with Crippen LogP contribution in [0.25, 0.3) is 0 Å². The zero-order valence-electron chi connectivity index (χ0n) is 9.45. The molecule has 5 nitrogen and oxygen atoms in total. The summed E-state index contributed by atoms with van der Waals surface area (Å²) < 4.78 is 4.56. The number of hydrogen-bond donors (Lipinski definition) is 2. The van der Waals surface area contributed by atoms with Gasteiger partial charge in [0.1, 0.15) is 5.82 Å². The highest BCUT2D eigenvalue weighted by Crippen LogP contribution is 2.39. The first-order valence-corrected chi connectivity index (χ1v) is 5.65. The van der Waals surface area contributed by atoms with Gasteiger partial charge in [0, 0.05) is 30.6 Å². The van der Waals surface area contributed by atoms with E-state index in [1.807, 2.05) is 0 Å². The molecule has 16 heavy (non-hydrogen) atoms. The van der Waals surface area contributed by atoms with E-state index in [1.54, 1.807) is 0 Å². The van der Waals surface area contributed by atoms with Gasteiger partial charge in [0.05, 0.1) is 7.11 Å². The molecule has 5 heteroatoms. The van der Waals surface area contributed by atoms with Crippen molar-refractivity contribution in [2.45, 2.75) is 31.6 Å². The molecule has 2 rings (SSSR count). The van der Waals surface area contributed by atoms with E-state index in [4.69, 9.17) is 0 Å². The third-order valence-corrected chi connectivity index (χ3v) is 2.71. The summed E-state index contributed by atoms with van der Waals surface area (Å²) >= 11 is 0. The Labute approximate surface area is 94.6 Å². The van der Waals surface area contributed by atoms with Crippen LogP contribution in [0.1, 0.15) is 37.3 Å². The Morgan fingerprint density at radius 1 is 1.69 bits per heavy atom. The second-order valence-corrected chi connectivity index (χ2v) is 4.09. The smallest absolute Gasteiger partial charge is 0.305 e. The van der Waals surface area contributed by atoms with Gasteiger partial charge in [0.2, 0.25) is 0 Å². The van der Waals surface area contributed by atoms with Gasteiger partial charge in [0.15, 0.2) is 0 Å². The van der Waals surface area contributed by atoms with Gasteiger partial charge in [-0.3, -0.25) is 9.89 Å². The van der Waals surface area contributed by atoms with Crippen molar-refractivity contribution in [3.63, 3.8) is 0 Å². The second-order valence-electron chi connectivity index (χ2n) is 4.09. The normalized spacial score (nSPS) is 14.8. The van der Waals surface area contributed by atoms with Gasteiger partial charge in [-0.2, -0.15) is 5.10 Å². The molecule has 1 aliphatic carbocycles. The summed E-state index contributed by atoms with van der Waals surface area (Å²) in [5.74, 6) is 1.40. The van der Waals surface area contributed by atoms with Crippen LogP contribution in [0, 0.1) is 0 Å². The molecule has 1 saturated carbocycles. The van der Waals surface area contributed by atoms with Crippen LogP contribution in [-0.2, 0) is 9.53 Å². The number of rotatable bonds is 6. The van der Waals surface area contributed by atoms with Gasteiger partial charge in [-0.15, -0.1) is 0 Å². The van der Waals surface area contributed by atoms with E-state index >= 15 is 0 Å². The van der Waals surface area contributed by atoms with Crippen molar-refractivity contribution in [1.82, 2.24) is 10.2 Å². The molecule has 0 spiro atoms. The molecule has 0 amide bonds. The number of aromatic amines is 1. The SMILES string of the molecule is COC(=O)CCCNc1cc(C2CC2)[nH]n1. The average Bonchev–Trinajstić information content (AvgIpc) is 3.05. The van der Waals surface area contributed by atoms with Crippen LogP contribution in [0.15, 0.2) is 6.07 Å². The van der Waals surface area contributed by atoms with E-state index in [1.165, 1.54) is 25.6 Å². The number of aromatic nitrogens is 2. The first-order chi connectivity index (χ1) is 7.79. The number of ether oxygens (including phenoxy) is 1. The lowest BCUT2D eigenvalue weighted by molar-refractivity contribution is -0.140. The van der Waals surface area contributed by atoms with E-state index in [-0.39, 0.29) is 5.97 Å². The molecule has 0 saturated heterocycles. The van der Waals surface area contributed by atoms with Crippen molar-refractivity contribution >= 4 is 11.8 Å². The number of esters is 1. The van der Waals surface area contributed by atoms with Crippen molar-refractivity contribution in [3.8, 4) is 0 Å². The highest BCUT2D eigenvalue weighted by atomic mass is 16.5. The molecule has 0 unspecified atom stereocenters. The molecule has 0 bridgehead atoms. The molecule has 0 radical (unpaired) electrons. The van der Waals surface area contributed by atoms with Crippen LogP contribution in [0.5, 0.6) is 0 Å². The third-order valence-electron chi connectivity index (χ3n) is 2.71. The molecule has 1 heterocycles. The van der Waals surface area contributed by atoms with E-state index in [2.05, 4.69) is 26.3 Å². The van der Waals surface area contributed by atoms with Crippen molar-refractivity contribution in [3.05, 3.63) is 11.8 Å². The fourth-order valence-electron chi connectivity index (χ4n) is 1.58. The summed E-state index contributed by atoms with van der Waals surface area (Å²) in [7, 11) is 1.41. The van der Waals surface area contributed by atoms with Gasteiger partial charge < -0.3 is 10.1 Å². The molecule has 2 N–H and O–H groups in total. The predicted octanol–water partition coefficient (Wildman–Crippen LogP) is 1.65. The van der Waals surface area contributed by atoms with E-state index in [0.717, 1.165) is 18.8 Å². The minimum atomic E-state index is -0.164. The maximum absolute atomic E-state index is 10.9. The maximum atomic E-state index is 10.9. The summed E-state index contributed by atoms with van der Waals surface area (Å²) in [6, 6.07) is 2.05. The zero-order valence-corrected chi connectivity index (χ0v) is 9.45. The predicted molar refractivity (Wildman–Crippen MR) is 60.3 cm³/mol. The van der Waals surface area contributed by atoms with Crippen molar-refractivity contribution < 1.29 is 9.53 Å². The third kappa shape index (κ3) is 2.98. The first kappa shape index (κ1) is 11.0. The number of hydrogen-bond acceptors (Lipinski definition) is 4. The Morgan fingerprint density at radius 3 is 3.19 bits per heavy atom. The van der Waals surface area contributed by atoms with Crippen LogP contribution < -0.4 is 5.32 Å². The topological polar surface area (TPSA) is 67.0 Å². The fourth-order valence-corrected chi connectivity index (χ4v) is 1.58. The van der Waals surface area contributed by atoms with E-state index in [9.17, 15) is 4.79 Å². The standard InChI is InChI=1S/C11H17N3O2/c1-16-11(15)3-2-6-12-10-7-9(13-14-10)8-4-5-8/h7-8H,2-6H2,1H3,(H2,12,13,14). The number of methoxy groups -OCH3 is 1. The molecule has 0 atom stereocenters. The highest BCUT2D eigenvalue weighted by Gasteiger charge is 2.25. The maximum Gasteiger partial charge on any atom is 0.305 e. The van der Waals surface area contributed by atoms with Crippen molar-refractivity contribution in [2.75, 3.05) is 19.0 Å². The minimum Gasteiger partial charge on any atom is -0.469 e. The van der Waals surface area contributed by atoms with Crippen LogP contribution in [0.4, 0.5) is 5.82 Å². The Hall–Kier alpha value is -1.52. The van der Waals surface area contributed by atoms with E-state index in [0.29, 0.717) is 12.3 Å². The zero-order chi connectivity index (χ0) is 11.4. The van der Waals surface area contributed by atoms with Gasteiger partial charge in [-0.25, -0.2) is 0 Å². The summed E-state index contributed by atoms with van der Waals surface area (Å²) in [6.07, 6.45) is 3.75. The average molecular weight is 223 g/mol. The number of nitrogens with one attached hydrogen (secondary N) is 2. The monoisotopic (exact) mass is 223 g/mol. The van der Waals surface area contributed by atoms with Gasteiger partial charge >= 0.3 is 5.97 Å². The number of nitrogens with zero attached hydrogens (tertiary/aromatic N) is 1. The van der Waals surface area contributed by atoms with Crippen LogP contribution in [0.3, 0.4) is 0 Å². The Kier molecular flexibility index (Phi) is 3.44. The molecule has 0 aliphatic heterocycles. The number of carbonyl (C=O) groups excluding carboxylic acids is 1. The lowest BCUT2D eigenvalue weighted by atomic mass is 10.3. The van der Waals surface area contributed by atoms with Gasteiger partial charge in [0.25, 0.3) is 0 Å². The summed E-state index contributed by atoms with van der Waals surface area (Å²) in [6.45, 7) is 0.740. The Bertz CT molecular complexity index is 358. The minimum absolute atomic E-state index is 0.164. The highest BCUT2D eigenvalue weighted by molar-refractivity contribution is 5.69. The Morgan fingerprint density at radius 2 is 2.50 bits per heavy atom. The molecule has 1 aliphatic rings.